The fraction of sp³-hybridized carbons (Fsp3) is 0.364. The SMILES string of the molecule is O=S(=O)(O)O/N=C(\Cc1ccccc1)SCCCO. The molecule has 0 aliphatic heterocycles. The summed E-state index contributed by atoms with van der Waals surface area (Å²) in [6.45, 7) is 0.0464. The van der Waals surface area contributed by atoms with Crippen LogP contribution in [0.5, 0.6) is 0 Å². The third-order valence-corrected chi connectivity index (χ3v) is 3.31. The van der Waals surface area contributed by atoms with Gasteiger partial charge in [-0.05, 0) is 12.0 Å². The third-order valence-electron chi connectivity index (χ3n) is 2.00. The van der Waals surface area contributed by atoms with Gasteiger partial charge in [0.1, 0.15) is 5.04 Å². The summed E-state index contributed by atoms with van der Waals surface area (Å²) in [5, 5.41) is 12.5. The maximum absolute atomic E-state index is 10.5. The van der Waals surface area contributed by atoms with Crippen LogP contribution >= 0.6 is 11.8 Å². The Morgan fingerprint density at radius 2 is 2.00 bits per heavy atom. The molecule has 0 amide bonds. The molecule has 0 radical (unpaired) electrons. The van der Waals surface area contributed by atoms with Crippen molar-refractivity contribution in [3.63, 3.8) is 0 Å². The number of oxime groups is 1. The quantitative estimate of drug-likeness (QED) is 0.260. The van der Waals surface area contributed by atoms with Crippen molar-refractivity contribution in [2.24, 2.45) is 5.16 Å². The van der Waals surface area contributed by atoms with Crippen molar-refractivity contribution in [3.8, 4) is 0 Å². The predicted molar refractivity (Wildman–Crippen MR) is 74.4 cm³/mol. The molecule has 0 fully saturated rings. The van der Waals surface area contributed by atoms with Crippen LogP contribution in [0.1, 0.15) is 12.0 Å². The summed E-state index contributed by atoms with van der Waals surface area (Å²) in [4.78, 5) is 0. The zero-order valence-corrected chi connectivity index (χ0v) is 11.7. The minimum Gasteiger partial charge on any atom is -0.396 e. The van der Waals surface area contributed by atoms with Gasteiger partial charge < -0.3 is 5.11 Å². The van der Waals surface area contributed by atoms with E-state index in [9.17, 15) is 8.42 Å². The molecule has 1 aromatic carbocycles. The van der Waals surface area contributed by atoms with Gasteiger partial charge in [-0.15, -0.1) is 11.8 Å². The summed E-state index contributed by atoms with van der Waals surface area (Å²) in [7, 11) is -4.59. The van der Waals surface area contributed by atoms with Crippen LogP contribution in [0.15, 0.2) is 35.5 Å². The second-order valence-electron chi connectivity index (χ2n) is 3.58. The lowest BCUT2D eigenvalue weighted by molar-refractivity contribution is 0.282. The first-order valence-electron chi connectivity index (χ1n) is 5.52. The van der Waals surface area contributed by atoms with Gasteiger partial charge in [0.25, 0.3) is 0 Å². The van der Waals surface area contributed by atoms with Gasteiger partial charge in [-0.25, -0.2) is 4.28 Å². The Bertz CT molecular complexity index is 501. The van der Waals surface area contributed by atoms with Crippen LogP contribution in [0.3, 0.4) is 0 Å². The summed E-state index contributed by atoms with van der Waals surface area (Å²) in [6.07, 6.45) is 0.955. The normalized spacial score (nSPS) is 12.4. The largest absolute Gasteiger partial charge is 0.466 e. The summed E-state index contributed by atoms with van der Waals surface area (Å²) < 4.78 is 33.5. The summed E-state index contributed by atoms with van der Waals surface area (Å²) in [5.74, 6) is 0.580. The van der Waals surface area contributed by atoms with Crippen LogP contribution < -0.4 is 0 Å². The molecule has 0 heterocycles. The maximum Gasteiger partial charge on any atom is 0.466 e. The Morgan fingerprint density at radius 1 is 1.32 bits per heavy atom. The Morgan fingerprint density at radius 3 is 2.58 bits per heavy atom. The number of rotatable bonds is 7. The lowest BCUT2D eigenvalue weighted by Gasteiger charge is -2.05. The number of thioether (sulfide) groups is 1. The van der Waals surface area contributed by atoms with Crippen LogP contribution in [-0.2, 0) is 21.1 Å². The molecule has 0 spiro atoms. The monoisotopic (exact) mass is 305 g/mol. The summed E-state index contributed by atoms with van der Waals surface area (Å²) in [6, 6.07) is 9.32. The van der Waals surface area contributed by atoms with Crippen LogP contribution in [0.4, 0.5) is 0 Å². The van der Waals surface area contributed by atoms with Gasteiger partial charge in [-0.1, -0.05) is 35.5 Å². The van der Waals surface area contributed by atoms with Crippen molar-refractivity contribution >= 4 is 27.2 Å². The van der Waals surface area contributed by atoms with Gasteiger partial charge in [0.2, 0.25) is 0 Å². The molecular weight excluding hydrogens is 290 g/mol. The molecule has 1 aromatic rings. The number of benzene rings is 1. The minimum absolute atomic E-state index is 0.0464. The highest BCUT2D eigenvalue weighted by molar-refractivity contribution is 8.13. The number of hydrogen-bond donors (Lipinski definition) is 2. The van der Waals surface area contributed by atoms with E-state index < -0.39 is 10.4 Å². The van der Waals surface area contributed by atoms with Crippen LogP contribution in [0.25, 0.3) is 0 Å². The molecule has 2 N–H and O–H groups in total. The maximum atomic E-state index is 10.5. The molecule has 0 atom stereocenters. The molecule has 0 saturated heterocycles. The van der Waals surface area contributed by atoms with Crippen LogP contribution in [0.2, 0.25) is 0 Å². The van der Waals surface area contributed by atoms with E-state index in [1.807, 2.05) is 30.3 Å². The van der Waals surface area contributed by atoms with Crippen molar-refractivity contribution in [1.82, 2.24) is 0 Å². The molecule has 1 rings (SSSR count). The molecule has 0 bridgehead atoms. The van der Waals surface area contributed by atoms with Crippen molar-refractivity contribution < 1.29 is 22.4 Å². The first kappa shape index (κ1) is 16.0. The van der Waals surface area contributed by atoms with E-state index in [-0.39, 0.29) is 6.61 Å². The number of aliphatic hydroxyl groups excluding tert-OH is 1. The second-order valence-corrected chi connectivity index (χ2v) is 5.75. The number of hydrogen-bond acceptors (Lipinski definition) is 6. The fourth-order valence-corrected chi connectivity index (χ4v) is 2.32. The average molecular weight is 305 g/mol. The Hall–Kier alpha value is -1.09. The van der Waals surface area contributed by atoms with Gasteiger partial charge >= 0.3 is 10.4 Å². The topological polar surface area (TPSA) is 96.2 Å². The Balaban J connectivity index is 2.68. The molecule has 19 heavy (non-hydrogen) atoms. The smallest absolute Gasteiger partial charge is 0.396 e. The molecule has 8 heteroatoms. The molecule has 0 unspecified atom stereocenters. The predicted octanol–water partition coefficient (Wildman–Crippen LogP) is 1.48. The standard InChI is InChI=1S/C11H15NO5S2/c13-7-4-8-18-11(12-17-19(14,15)16)9-10-5-2-1-3-6-10/h1-3,5-6,13H,4,7-9H2,(H,14,15,16)/b12-11+. The minimum atomic E-state index is -4.59. The first-order chi connectivity index (χ1) is 9.01. The second kappa shape index (κ2) is 8.16. The average Bonchev–Trinajstić information content (AvgIpc) is 2.36. The lowest BCUT2D eigenvalue weighted by Crippen LogP contribution is -2.05. The Labute approximate surface area is 116 Å². The van der Waals surface area contributed by atoms with Gasteiger partial charge in [0.15, 0.2) is 0 Å². The molecule has 0 aliphatic carbocycles. The van der Waals surface area contributed by atoms with Crippen molar-refractivity contribution in [3.05, 3.63) is 35.9 Å². The van der Waals surface area contributed by atoms with Gasteiger partial charge in [-0.2, -0.15) is 8.42 Å². The first-order valence-corrected chi connectivity index (χ1v) is 7.87. The van der Waals surface area contributed by atoms with E-state index in [4.69, 9.17) is 9.66 Å². The van der Waals surface area contributed by atoms with E-state index >= 15 is 0 Å². The zero-order chi connectivity index (χ0) is 14.1. The van der Waals surface area contributed by atoms with Gasteiger partial charge in [-0.3, -0.25) is 4.55 Å². The highest BCUT2D eigenvalue weighted by Crippen LogP contribution is 2.13. The van der Waals surface area contributed by atoms with E-state index in [1.165, 1.54) is 11.8 Å². The molecular formula is C11H15NO5S2. The van der Waals surface area contributed by atoms with Crippen molar-refractivity contribution in [2.45, 2.75) is 12.8 Å². The molecule has 106 valence electrons. The van der Waals surface area contributed by atoms with E-state index in [1.54, 1.807) is 0 Å². The van der Waals surface area contributed by atoms with Gasteiger partial charge in [0.05, 0.1) is 0 Å². The number of aliphatic hydroxyl groups is 1. The summed E-state index contributed by atoms with van der Waals surface area (Å²) >= 11 is 1.27. The van der Waals surface area contributed by atoms with Crippen molar-refractivity contribution in [2.75, 3.05) is 12.4 Å². The van der Waals surface area contributed by atoms with E-state index in [2.05, 4.69) is 9.44 Å². The van der Waals surface area contributed by atoms with Gasteiger partial charge in [0, 0.05) is 18.8 Å². The molecule has 0 aromatic heterocycles. The number of nitrogens with zero attached hydrogens (tertiary/aromatic N) is 1. The molecule has 6 nitrogen and oxygen atoms in total. The van der Waals surface area contributed by atoms with Crippen LogP contribution in [0, 0.1) is 0 Å². The third kappa shape index (κ3) is 7.83. The van der Waals surface area contributed by atoms with E-state index in [0.29, 0.717) is 23.6 Å². The van der Waals surface area contributed by atoms with Crippen LogP contribution in [-0.4, -0.2) is 35.5 Å². The molecule has 0 aliphatic rings. The molecule has 0 saturated carbocycles. The van der Waals surface area contributed by atoms with Crippen molar-refractivity contribution in [1.29, 1.82) is 0 Å². The fourth-order valence-electron chi connectivity index (χ4n) is 1.22. The highest BCUT2D eigenvalue weighted by Gasteiger charge is 2.08. The Kier molecular flexibility index (Phi) is 6.85. The zero-order valence-electron chi connectivity index (χ0n) is 10.1. The van der Waals surface area contributed by atoms with E-state index in [0.717, 1.165) is 5.56 Å². The highest BCUT2D eigenvalue weighted by atomic mass is 32.3. The summed E-state index contributed by atoms with van der Waals surface area (Å²) in [5.41, 5.74) is 0.941. The lowest BCUT2D eigenvalue weighted by atomic mass is 10.2.